The molecule has 1 heterocycles. The van der Waals surface area contributed by atoms with E-state index in [1.165, 1.54) is 0 Å². The second kappa shape index (κ2) is 4.53. The third-order valence-corrected chi connectivity index (χ3v) is 2.33. The average molecular weight is 347 g/mol. The van der Waals surface area contributed by atoms with E-state index < -0.39 is 29.4 Å². The number of aliphatic hydroxyl groups is 1. The predicted molar refractivity (Wildman–Crippen MR) is 54.6 cm³/mol. The van der Waals surface area contributed by atoms with Gasteiger partial charge in [0.1, 0.15) is 3.70 Å². The number of hydrogen-bond acceptors (Lipinski definition) is 3. The molecule has 16 heavy (non-hydrogen) atoms. The number of pyridine rings is 1. The fourth-order valence-electron chi connectivity index (χ4n) is 1.04. The average Bonchev–Trinajstić information content (AvgIpc) is 2.14. The van der Waals surface area contributed by atoms with Crippen molar-refractivity contribution in [2.75, 3.05) is 0 Å². The van der Waals surface area contributed by atoms with Crippen LogP contribution in [-0.2, 0) is 11.0 Å². The fourth-order valence-corrected chi connectivity index (χ4v) is 1.51. The summed E-state index contributed by atoms with van der Waals surface area (Å²) in [6.07, 6.45) is -6.46. The summed E-state index contributed by atoms with van der Waals surface area (Å²) in [6.45, 7) is 0. The number of aliphatic hydroxyl groups excluding tert-OH is 1. The Labute approximate surface area is 101 Å². The lowest BCUT2D eigenvalue weighted by Gasteiger charge is -2.14. The summed E-state index contributed by atoms with van der Waals surface area (Å²) in [4.78, 5) is 13.9. The van der Waals surface area contributed by atoms with Gasteiger partial charge in [-0.05, 0) is 28.7 Å². The standard InChI is InChI=1S/C8H5F3INO3/c9-8(10,11)4-2-13-5(12)1-3(4)6(14)7(15)16/h1-2,6,14H,(H,15,16). The Kier molecular flexibility index (Phi) is 3.73. The van der Waals surface area contributed by atoms with Crippen molar-refractivity contribution in [1.29, 1.82) is 0 Å². The Morgan fingerprint density at radius 2 is 2.06 bits per heavy atom. The highest BCUT2D eigenvalue weighted by Crippen LogP contribution is 2.34. The van der Waals surface area contributed by atoms with Gasteiger partial charge in [-0.25, -0.2) is 9.78 Å². The number of nitrogens with zero attached hydrogens (tertiary/aromatic N) is 1. The van der Waals surface area contributed by atoms with E-state index in [4.69, 9.17) is 10.2 Å². The molecule has 0 radical (unpaired) electrons. The van der Waals surface area contributed by atoms with Crippen LogP contribution in [0.1, 0.15) is 17.2 Å². The van der Waals surface area contributed by atoms with Crippen molar-refractivity contribution in [3.8, 4) is 0 Å². The largest absolute Gasteiger partial charge is 0.479 e. The Morgan fingerprint density at radius 1 is 1.50 bits per heavy atom. The van der Waals surface area contributed by atoms with Crippen LogP contribution in [0.2, 0.25) is 0 Å². The summed E-state index contributed by atoms with van der Waals surface area (Å²) in [5.41, 5.74) is -1.96. The van der Waals surface area contributed by atoms with Gasteiger partial charge in [-0.3, -0.25) is 0 Å². The van der Waals surface area contributed by atoms with E-state index in [0.29, 0.717) is 6.20 Å². The number of alkyl halides is 3. The smallest absolute Gasteiger partial charge is 0.418 e. The van der Waals surface area contributed by atoms with Gasteiger partial charge < -0.3 is 10.2 Å². The summed E-state index contributed by atoms with van der Waals surface area (Å²) in [5, 5.41) is 17.6. The first kappa shape index (κ1) is 13.2. The molecule has 1 atom stereocenters. The molecule has 1 aromatic heterocycles. The van der Waals surface area contributed by atoms with Crippen molar-refractivity contribution in [1.82, 2.24) is 4.98 Å². The van der Waals surface area contributed by atoms with Gasteiger partial charge >= 0.3 is 12.1 Å². The fraction of sp³-hybridized carbons (Fsp3) is 0.250. The number of carbonyl (C=O) groups is 1. The lowest BCUT2D eigenvalue weighted by atomic mass is 10.0. The molecule has 0 spiro atoms. The first-order valence-corrected chi connectivity index (χ1v) is 4.95. The van der Waals surface area contributed by atoms with Crippen LogP contribution in [-0.4, -0.2) is 21.2 Å². The Morgan fingerprint density at radius 3 is 2.50 bits per heavy atom. The SMILES string of the molecule is O=C(O)C(O)c1cc(I)ncc1C(F)(F)F. The van der Waals surface area contributed by atoms with E-state index in [-0.39, 0.29) is 3.70 Å². The number of halogens is 4. The molecule has 0 saturated carbocycles. The van der Waals surface area contributed by atoms with Crippen LogP contribution in [0.25, 0.3) is 0 Å². The molecule has 0 bridgehead atoms. The van der Waals surface area contributed by atoms with Crippen molar-refractivity contribution >= 4 is 28.6 Å². The minimum atomic E-state index is -4.75. The highest BCUT2D eigenvalue weighted by atomic mass is 127. The lowest BCUT2D eigenvalue weighted by Crippen LogP contribution is -2.18. The zero-order valence-electron chi connectivity index (χ0n) is 7.49. The number of aliphatic carboxylic acids is 1. The van der Waals surface area contributed by atoms with Gasteiger partial charge in [0.2, 0.25) is 0 Å². The lowest BCUT2D eigenvalue weighted by molar-refractivity contribution is -0.149. The Balaban J connectivity index is 3.35. The van der Waals surface area contributed by atoms with Crippen molar-refractivity contribution in [2.45, 2.75) is 12.3 Å². The van der Waals surface area contributed by atoms with Gasteiger partial charge in [0.25, 0.3) is 0 Å². The van der Waals surface area contributed by atoms with Crippen molar-refractivity contribution in [3.05, 3.63) is 27.1 Å². The number of aromatic nitrogens is 1. The van der Waals surface area contributed by atoms with E-state index >= 15 is 0 Å². The monoisotopic (exact) mass is 347 g/mol. The third kappa shape index (κ3) is 2.82. The van der Waals surface area contributed by atoms with Crippen LogP contribution in [0.5, 0.6) is 0 Å². The summed E-state index contributed by atoms with van der Waals surface area (Å²) in [7, 11) is 0. The molecule has 0 aromatic carbocycles. The highest BCUT2D eigenvalue weighted by molar-refractivity contribution is 14.1. The maximum Gasteiger partial charge on any atom is 0.418 e. The topological polar surface area (TPSA) is 70.4 Å². The van der Waals surface area contributed by atoms with Gasteiger partial charge in [-0.15, -0.1) is 0 Å². The summed E-state index contributed by atoms with van der Waals surface area (Å²) in [5.74, 6) is -1.74. The number of rotatable bonds is 2. The molecule has 1 unspecified atom stereocenters. The molecule has 4 nitrogen and oxygen atoms in total. The predicted octanol–water partition coefficient (Wildman–Crippen LogP) is 1.82. The number of carboxylic acid groups (broad SMARTS) is 1. The zero-order valence-corrected chi connectivity index (χ0v) is 9.65. The van der Waals surface area contributed by atoms with Crippen molar-refractivity contribution in [3.63, 3.8) is 0 Å². The quantitative estimate of drug-likeness (QED) is 0.633. The van der Waals surface area contributed by atoms with E-state index in [1.807, 2.05) is 0 Å². The molecule has 88 valence electrons. The summed E-state index contributed by atoms with van der Waals surface area (Å²) >= 11 is 1.62. The highest BCUT2D eigenvalue weighted by Gasteiger charge is 2.37. The molecule has 0 amide bonds. The zero-order chi connectivity index (χ0) is 12.5. The summed E-state index contributed by atoms with van der Waals surface area (Å²) in [6, 6.07) is 0.891. The first-order chi connectivity index (χ1) is 7.23. The molecular weight excluding hydrogens is 342 g/mol. The number of hydrogen-bond donors (Lipinski definition) is 2. The molecule has 0 saturated heterocycles. The molecule has 1 aromatic rings. The van der Waals surface area contributed by atoms with Crippen LogP contribution < -0.4 is 0 Å². The molecule has 2 N–H and O–H groups in total. The van der Waals surface area contributed by atoms with E-state index in [9.17, 15) is 18.0 Å². The van der Waals surface area contributed by atoms with Crippen LogP contribution >= 0.6 is 22.6 Å². The molecule has 0 aliphatic rings. The van der Waals surface area contributed by atoms with Crippen LogP contribution in [0.15, 0.2) is 12.3 Å². The second-order valence-corrected chi connectivity index (χ2v) is 3.94. The number of carboxylic acids is 1. The first-order valence-electron chi connectivity index (χ1n) is 3.87. The van der Waals surface area contributed by atoms with E-state index in [2.05, 4.69) is 4.98 Å². The molecule has 1 rings (SSSR count). The van der Waals surface area contributed by atoms with Gasteiger partial charge in [0, 0.05) is 11.8 Å². The second-order valence-electron chi connectivity index (χ2n) is 2.83. The Hall–Kier alpha value is -0.900. The normalized spacial score (nSPS) is 13.6. The third-order valence-electron chi connectivity index (χ3n) is 1.74. The molecule has 0 aliphatic heterocycles. The maximum atomic E-state index is 12.5. The minimum absolute atomic E-state index is 0.168. The molecule has 0 aliphatic carbocycles. The van der Waals surface area contributed by atoms with Crippen LogP contribution in [0.3, 0.4) is 0 Å². The van der Waals surface area contributed by atoms with Crippen molar-refractivity contribution < 1.29 is 28.2 Å². The van der Waals surface area contributed by atoms with Gasteiger partial charge in [-0.2, -0.15) is 13.2 Å². The molecular formula is C8H5F3INO3. The van der Waals surface area contributed by atoms with Gasteiger partial charge in [0.15, 0.2) is 6.10 Å². The van der Waals surface area contributed by atoms with Crippen molar-refractivity contribution in [2.24, 2.45) is 0 Å². The molecule has 0 fully saturated rings. The van der Waals surface area contributed by atoms with Gasteiger partial charge in [0.05, 0.1) is 5.56 Å². The van der Waals surface area contributed by atoms with E-state index in [0.717, 1.165) is 6.07 Å². The van der Waals surface area contributed by atoms with Crippen LogP contribution in [0, 0.1) is 3.70 Å². The van der Waals surface area contributed by atoms with E-state index in [1.54, 1.807) is 22.6 Å². The summed E-state index contributed by atoms with van der Waals surface area (Å²) < 4.78 is 37.5. The minimum Gasteiger partial charge on any atom is -0.479 e. The van der Waals surface area contributed by atoms with Gasteiger partial charge in [-0.1, -0.05) is 0 Å². The van der Waals surface area contributed by atoms with Crippen LogP contribution in [0.4, 0.5) is 13.2 Å². The maximum absolute atomic E-state index is 12.5. The Bertz CT molecular complexity index is 421. The molecule has 8 heteroatoms.